The first kappa shape index (κ1) is 21.2. The maximum absolute atomic E-state index is 12.4. The van der Waals surface area contributed by atoms with Gasteiger partial charge in [0, 0.05) is 61.8 Å². The number of halogens is 1. The van der Waals surface area contributed by atoms with Gasteiger partial charge in [0.25, 0.3) is 0 Å². The summed E-state index contributed by atoms with van der Waals surface area (Å²) in [4.78, 5) is 28.4. The van der Waals surface area contributed by atoms with Crippen LogP contribution in [0.2, 0.25) is 5.02 Å². The molecule has 2 heterocycles. The minimum Gasteiger partial charge on any atom is -0.423 e. The number of para-hydroxylation sites is 1. The van der Waals surface area contributed by atoms with Crippen LogP contribution in [0.3, 0.4) is 0 Å². The molecule has 7 heteroatoms. The molecule has 0 bridgehead atoms. The summed E-state index contributed by atoms with van der Waals surface area (Å²) in [5, 5.41) is 4.92. The SMILES string of the molecule is O=C(/C=C/c1ccc(Cl)cc1)N1CCN(CCNc2cc(=O)oc3ccccc23)CC1. The summed E-state index contributed by atoms with van der Waals surface area (Å²) in [6.45, 7) is 4.57. The maximum Gasteiger partial charge on any atom is 0.338 e. The van der Waals surface area contributed by atoms with E-state index in [0.29, 0.717) is 30.2 Å². The zero-order valence-corrected chi connectivity index (χ0v) is 17.8. The average Bonchev–Trinajstić information content (AvgIpc) is 2.79. The van der Waals surface area contributed by atoms with Crippen LogP contribution in [0.1, 0.15) is 5.56 Å². The van der Waals surface area contributed by atoms with Gasteiger partial charge in [0.2, 0.25) is 5.91 Å². The van der Waals surface area contributed by atoms with E-state index in [2.05, 4.69) is 10.2 Å². The fourth-order valence-corrected chi connectivity index (χ4v) is 3.77. The first-order valence-corrected chi connectivity index (χ1v) is 10.7. The summed E-state index contributed by atoms with van der Waals surface area (Å²) in [5.74, 6) is 0.0233. The Hall–Kier alpha value is -3.09. The highest BCUT2D eigenvalue weighted by molar-refractivity contribution is 6.30. The molecule has 2 aromatic carbocycles. The van der Waals surface area contributed by atoms with Crippen molar-refractivity contribution in [1.82, 2.24) is 9.80 Å². The van der Waals surface area contributed by atoms with Gasteiger partial charge in [-0.2, -0.15) is 0 Å². The average molecular weight is 438 g/mol. The van der Waals surface area contributed by atoms with E-state index in [1.807, 2.05) is 53.4 Å². The molecule has 1 aliphatic rings. The topological polar surface area (TPSA) is 65.8 Å². The van der Waals surface area contributed by atoms with Crippen molar-refractivity contribution in [3.05, 3.63) is 81.7 Å². The molecule has 0 spiro atoms. The second-order valence-corrected chi connectivity index (χ2v) is 7.89. The van der Waals surface area contributed by atoms with Gasteiger partial charge in [-0.3, -0.25) is 9.69 Å². The molecule has 0 atom stereocenters. The molecule has 1 aliphatic heterocycles. The van der Waals surface area contributed by atoms with E-state index in [9.17, 15) is 9.59 Å². The number of rotatable bonds is 6. The van der Waals surface area contributed by atoms with Crippen LogP contribution < -0.4 is 10.9 Å². The molecule has 0 radical (unpaired) electrons. The minimum absolute atomic E-state index is 0.0233. The highest BCUT2D eigenvalue weighted by Crippen LogP contribution is 2.20. The Bertz CT molecular complexity index is 1130. The number of amides is 1. The molecule has 0 unspecified atom stereocenters. The largest absolute Gasteiger partial charge is 0.423 e. The Balaban J connectivity index is 1.25. The summed E-state index contributed by atoms with van der Waals surface area (Å²) < 4.78 is 5.23. The number of carbonyl (C=O) groups excluding carboxylic acids is 1. The van der Waals surface area contributed by atoms with Crippen molar-refractivity contribution in [2.45, 2.75) is 0 Å². The van der Waals surface area contributed by atoms with E-state index in [0.717, 1.165) is 36.3 Å². The number of benzene rings is 2. The van der Waals surface area contributed by atoms with Crippen molar-refractivity contribution in [3.63, 3.8) is 0 Å². The van der Waals surface area contributed by atoms with Gasteiger partial charge < -0.3 is 14.6 Å². The van der Waals surface area contributed by atoms with Crippen LogP contribution in [-0.2, 0) is 4.79 Å². The molecule has 160 valence electrons. The summed E-state index contributed by atoms with van der Waals surface area (Å²) >= 11 is 5.89. The van der Waals surface area contributed by atoms with Gasteiger partial charge in [-0.25, -0.2) is 4.79 Å². The van der Waals surface area contributed by atoms with Crippen LogP contribution in [0.4, 0.5) is 5.69 Å². The van der Waals surface area contributed by atoms with E-state index in [-0.39, 0.29) is 11.5 Å². The highest BCUT2D eigenvalue weighted by atomic mass is 35.5. The number of anilines is 1. The van der Waals surface area contributed by atoms with E-state index in [4.69, 9.17) is 16.0 Å². The lowest BCUT2D eigenvalue weighted by Crippen LogP contribution is -2.49. The monoisotopic (exact) mass is 437 g/mol. The van der Waals surface area contributed by atoms with E-state index in [1.165, 1.54) is 6.07 Å². The van der Waals surface area contributed by atoms with Crippen LogP contribution in [0.5, 0.6) is 0 Å². The molecule has 1 aromatic heterocycles. The Morgan fingerprint density at radius 1 is 1.06 bits per heavy atom. The van der Waals surface area contributed by atoms with Crippen LogP contribution in [-0.4, -0.2) is 55.0 Å². The maximum atomic E-state index is 12.4. The van der Waals surface area contributed by atoms with Gasteiger partial charge in [0.1, 0.15) is 5.58 Å². The fraction of sp³-hybridized carbons (Fsp3) is 0.250. The quantitative estimate of drug-likeness (QED) is 0.470. The molecule has 1 N–H and O–H groups in total. The second kappa shape index (κ2) is 9.81. The van der Waals surface area contributed by atoms with Gasteiger partial charge in [0.15, 0.2) is 0 Å². The van der Waals surface area contributed by atoms with Crippen molar-refractivity contribution in [3.8, 4) is 0 Å². The van der Waals surface area contributed by atoms with E-state index < -0.39 is 0 Å². The zero-order chi connectivity index (χ0) is 21.6. The molecule has 4 rings (SSSR count). The van der Waals surface area contributed by atoms with Gasteiger partial charge in [-0.05, 0) is 35.9 Å². The number of hydrogen-bond acceptors (Lipinski definition) is 5. The number of nitrogens with one attached hydrogen (secondary N) is 1. The van der Waals surface area contributed by atoms with Gasteiger partial charge in [-0.1, -0.05) is 35.9 Å². The van der Waals surface area contributed by atoms with Crippen molar-refractivity contribution in [2.75, 3.05) is 44.6 Å². The second-order valence-electron chi connectivity index (χ2n) is 7.45. The first-order valence-electron chi connectivity index (χ1n) is 10.3. The Kier molecular flexibility index (Phi) is 6.70. The summed E-state index contributed by atoms with van der Waals surface area (Å²) in [6.07, 6.45) is 3.43. The summed E-state index contributed by atoms with van der Waals surface area (Å²) in [6, 6.07) is 16.4. The lowest BCUT2D eigenvalue weighted by molar-refractivity contribution is -0.127. The third-order valence-electron chi connectivity index (χ3n) is 5.37. The smallest absolute Gasteiger partial charge is 0.338 e. The van der Waals surface area contributed by atoms with Gasteiger partial charge in [0.05, 0.1) is 5.69 Å². The fourth-order valence-electron chi connectivity index (χ4n) is 3.65. The van der Waals surface area contributed by atoms with Crippen molar-refractivity contribution >= 4 is 40.2 Å². The predicted molar refractivity (Wildman–Crippen MR) is 124 cm³/mol. The minimum atomic E-state index is -0.361. The summed E-state index contributed by atoms with van der Waals surface area (Å²) in [7, 11) is 0. The standard InChI is InChI=1S/C24H24ClN3O3/c25-19-8-5-18(6-9-19)7-10-23(29)28-15-13-27(14-16-28)12-11-26-21-17-24(30)31-22-4-2-1-3-20(21)22/h1-10,17,26H,11-16H2/b10-7+. The predicted octanol–water partition coefficient (Wildman–Crippen LogP) is 3.72. The highest BCUT2D eigenvalue weighted by Gasteiger charge is 2.19. The van der Waals surface area contributed by atoms with Crippen molar-refractivity contribution < 1.29 is 9.21 Å². The molecular formula is C24H24ClN3O3. The number of nitrogens with zero attached hydrogens (tertiary/aromatic N) is 2. The normalized spacial score (nSPS) is 14.9. The lowest BCUT2D eigenvalue weighted by Gasteiger charge is -2.34. The van der Waals surface area contributed by atoms with E-state index >= 15 is 0 Å². The van der Waals surface area contributed by atoms with Crippen molar-refractivity contribution in [1.29, 1.82) is 0 Å². The number of fused-ring (bicyclic) bond motifs is 1. The van der Waals surface area contributed by atoms with Crippen LogP contribution >= 0.6 is 11.6 Å². The number of piperazine rings is 1. The molecule has 3 aromatic rings. The number of carbonyl (C=O) groups is 1. The Labute approximate surface area is 185 Å². The van der Waals surface area contributed by atoms with Crippen LogP contribution in [0.15, 0.2) is 69.9 Å². The van der Waals surface area contributed by atoms with Gasteiger partial charge >= 0.3 is 5.63 Å². The lowest BCUT2D eigenvalue weighted by atomic mass is 10.2. The zero-order valence-electron chi connectivity index (χ0n) is 17.1. The van der Waals surface area contributed by atoms with Crippen molar-refractivity contribution in [2.24, 2.45) is 0 Å². The molecule has 1 amide bonds. The number of hydrogen-bond donors (Lipinski definition) is 1. The van der Waals surface area contributed by atoms with Gasteiger partial charge in [-0.15, -0.1) is 0 Å². The Morgan fingerprint density at radius 3 is 2.58 bits per heavy atom. The summed E-state index contributed by atoms with van der Waals surface area (Å²) in [5.41, 5.74) is 1.95. The van der Waals surface area contributed by atoms with Crippen LogP contribution in [0, 0.1) is 0 Å². The third-order valence-corrected chi connectivity index (χ3v) is 5.62. The molecule has 0 aliphatic carbocycles. The molecule has 0 saturated carbocycles. The third kappa shape index (κ3) is 5.54. The molecule has 1 saturated heterocycles. The molecule has 31 heavy (non-hydrogen) atoms. The first-order chi connectivity index (χ1) is 15.1. The molecule has 1 fully saturated rings. The van der Waals surface area contributed by atoms with E-state index in [1.54, 1.807) is 12.1 Å². The Morgan fingerprint density at radius 2 is 1.81 bits per heavy atom. The molecular weight excluding hydrogens is 414 g/mol. The van der Waals surface area contributed by atoms with Crippen LogP contribution in [0.25, 0.3) is 17.0 Å². The molecule has 6 nitrogen and oxygen atoms in total.